The van der Waals surface area contributed by atoms with Crippen LogP contribution in [-0.4, -0.2) is 59.6 Å². The van der Waals surface area contributed by atoms with Crippen molar-refractivity contribution in [1.29, 1.82) is 0 Å². The number of benzene rings is 1. The first-order valence-electron chi connectivity index (χ1n) is 12.0. The summed E-state index contributed by atoms with van der Waals surface area (Å²) in [6.45, 7) is 10.8. The number of aryl methyl sites for hydroxylation is 2. The van der Waals surface area contributed by atoms with Gasteiger partial charge in [-0.3, -0.25) is 14.9 Å². The SMILES string of the molecule is Cc1cc(-c2[nH]c3ccc(C4CCN(CC(=O)N(C)C)CC4)cc3c2C(C)C)cc(C)[n+]1O. The van der Waals surface area contributed by atoms with E-state index in [4.69, 9.17) is 0 Å². The van der Waals surface area contributed by atoms with Crippen LogP contribution in [0.25, 0.3) is 22.2 Å². The summed E-state index contributed by atoms with van der Waals surface area (Å²) in [6.07, 6.45) is 2.15. The van der Waals surface area contributed by atoms with E-state index in [1.165, 1.54) is 21.2 Å². The molecule has 0 spiro atoms. The molecule has 33 heavy (non-hydrogen) atoms. The molecule has 1 aliphatic heterocycles. The molecule has 1 aliphatic rings. The maximum atomic E-state index is 12.1. The smallest absolute Gasteiger partial charge is 0.236 e. The van der Waals surface area contributed by atoms with Crippen molar-refractivity contribution >= 4 is 16.8 Å². The molecule has 176 valence electrons. The Bertz CT molecular complexity index is 1150. The second kappa shape index (κ2) is 9.18. The summed E-state index contributed by atoms with van der Waals surface area (Å²) in [5, 5.41) is 11.4. The van der Waals surface area contributed by atoms with Crippen LogP contribution in [0.2, 0.25) is 0 Å². The quantitative estimate of drug-likeness (QED) is 0.449. The molecule has 2 aromatic heterocycles. The topological polar surface area (TPSA) is 63.5 Å². The average Bonchev–Trinajstić information content (AvgIpc) is 3.16. The molecule has 4 rings (SSSR count). The maximum Gasteiger partial charge on any atom is 0.236 e. The first kappa shape index (κ1) is 23.3. The summed E-state index contributed by atoms with van der Waals surface area (Å²) in [4.78, 5) is 19.7. The molecule has 0 bridgehead atoms. The fourth-order valence-corrected chi connectivity index (χ4v) is 5.11. The van der Waals surface area contributed by atoms with Gasteiger partial charge in [0, 0.05) is 61.3 Å². The number of hydrogen-bond acceptors (Lipinski definition) is 3. The van der Waals surface area contributed by atoms with E-state index in [0.29, 0.717) is 18.4 Å². The zero-order chi connectivity index (χ0) is 23.9. The highest BCUT2D eigenvalue weighted by Gasteiger charge is 2.25. The number of aromatic amines is 1. The van der Waals surface area contributed by atoms with E-state index in [9.17, 15) is 10.0 Å². The highest BCUT2D eigenvalue weighted by Crippen LogP contribution is 2.38. The molecular formula is C27H37N4O2+. The van der Waals surface area contributed by atoms with Gasteiger partial charge in [0.05, 0.1) is 12.2 Å². The van der Waals surface area contributed by atoms with Crippen LogP contribution in [0.4, 0.5) is 0 Å². The Labute approximate surface area is 196 Å². The zero-order valence-electron chi connectivity index (χ0n) is 20.8. The molecule has 0 radical (unpaired) electrons. The van der Waals surface area contributed by atoms with Crippen LogP contribution >= 0.6 is 0 Å². The summed E-state index contributed by atoms with van der Waals surface area (Å²) < 4.78 is 1.23. The molecule has 1 fully saturated rings. The number of rotatable bonds is 5. The number of fused-ring (bicyclic) bond motifs is 1. The minimum Gasteiger partial charge on any atom is -0.354 e. The van der Waals surface area contributed by atoms with E-state index in [0.717, 1.165) is 54.1 Å². The van der Waals surface area contributed by atoms with Crippen molar-refractivity contribution in [2.75, 3.05) is 33.7 Å². The lowest BCUT2D eigenvalue weighted by atomic mass is 9.87. The predicted molar refractivity (Wildman–Crippen MR) is 132 cm³/mol. The van der Waals surface area contributed by atoms with E-state index in [1.807, 2.05) is 40.1 Å². The lowest BCUT2D eigenvalue weighted by molar-refractivity contribution is -0.912. The fraction of sp³-hybridized carbons (Fsp3) is 0.481. The molecule has 1 amide bonds. The van der Waals surface area contributed by atoms with Gasteiger partial charge in [-0.05, 0) is 61.0 Å². The molecule has 0 atom stereocenters. The summed E-state index contributed by atoms with van der Waals surface area (Å²) >= 11 is 0. The molecule has 6 nitrogen and oxygen atoms in total. The first-order chi connectivity index (χ1) is 15.7. The molecule has 3 heterocycles. The van der Waals surface area contributed by atoms with Gasteiger partial charge in [0.15, 0.2) is 0 Å². The average molecular weight is 450 g/mol. The van der Waals surface area contributed by atoms with Crippen LogP contribution in [0.5, 0.6) is 0 Å². The zero-order valence-corrected chi connectivity index (χ0v) is 20.8. The van der Waals surface area contributed by atoms with Gasteiger partial charge in [0.25, 0.3) is 0 Å². The largest absolute Gasteiger partial charge is 0.354 e. The highest BCUT2D eigenvalue weighted by molar-refractivity contribution is 5.92. The summed E-state index contributed by atoms with van der Waals surface area (Å²) in [6, 6.07) is 10.9. The third-order valence-corrected chi connectivity index (χ3v) is 7.04. The molecule has 6 heteroatoms. The first-order valence-corrected chi connectivity index (χ1v) is 12.0. The Morgan fingerprint density at radius 3 is 2.36 bits per heavy atom. The van der Waals surface area contributed by atoms with Gasteiger partial charge in [-0.2, -0.15) is 0 Å². The molecule has 1 aromatic carbocycles. The van der Waals surface area contributed by atoms with Crippen molar-refractivity contribution < 1.29 is 14.7 Å². The van der Waals surface area contributed by atoms with Crippen molar-refractivity contribution in [3.05, 3.63) is 52.8 Å². The van der Waals surface area contributed by atoms with Gasteiger partial charge < -0.3 is 9.88 Å². The molecule has 0 aliphatic carbocycles. The number of piperidine rings is 1. The number of carbonyl (C=O) groups excluding carboxylic acids is 1. The summed E-state index contributed by atoms with van der Waals surface area (Å²) in [7, 11) is 3.64. The Morgan fingerprint density at radius 2 is 1.79 bits per heavy atom. The van der Waals surface area contributed by atoms with Crippen LogP contribution in [0.1, 0.15) is 61.0 Å². The monoisotopic (exact) mass is 449 g/mol. The lowest BCUT2D eigenvalue weighted by Crippen LogP contribution is -2.40. The summed E-state index contributed by atoms with van der Waals surface area (Å²) in [5.74, 6) is 1.06. The third kappa shape index (κ3) is 4.62. The fourth-order valence-electron chi connectivity index (χ4n) is 5.11. The minimum absolute atomic E-state index is 0.175. The van der Waals surface area contributed by atoms with Crippen molar-refractivity contribution in [1.82, 2.24) is 14.8 Å². The Kier molecular flexibility index (Phi) is 6.48. The molecule has 0 unspecified atom stereocenters. The number of nitrogens with one attached hydrogen (secondary N) is 1. The number of carbonyl (C=O) groups is 1. The number of likely N-dealkylation sites (N-methyl/N-ethyl adjacent to an activating group) is 1. The number of H-pyrrole nitrogens is 1. The third-order valence-electron chi connectivity index (χ3n) is 7.04. The van der Waals surface area contributed by atoms with Gasteiger partial charge in [-0.15, -0.1) is 0 Å². The number of likely N-dealkylation sites (tertiary alicyclic amines) is 1. The van der Waals surface area contributed by atoms with Crippen molar-refractivity contribution in [3.63, 3.8) is 0 Å². The Hall–Kier alpha value is -2.86. The Morgan fingerprint density at radius 1 is 1.15 bits per heavy atom. The van der Waals surface area contributed by atoms with E-state index >= 15 is 0 Å². The maximum absolute atomic E-state index is 12.1. The van der Waals surface area contributed by atoms with Crippen LogP contribution in [-0.2, 0) is 4.79 Å². The normalized spacial score (nSPS) is 15.5. The second-order valence-electron chi connectivity index (χ2n) is 10.1. The second-order valence-corrected chi connectivity index (χ2v) is 10.1. The molecule has 1 saturated heterocycles. The number of nitrogens with zero attached hydrogens (tertiary/aromatic N) is 3. The van der Waals surface area contributed by atoms with Gasteiger partial charge in [-0.25, -0.2) is 0 Å². The van der Waals surface area contributed by atoms with Crippen molar-refractivity contribution in [2.45, 2.75) is 52.4 Å². The van der Waals surface area contributed by atoms with Crippen LogP contribution in [0.15, 0.2) is 30.3 Å². The van der Waals surface area contributed by atoms with E-state index in [-0.39, 0.29) is 5.91 Å². The number of amides is 1. The molecule has 0 saturated carbocycles. The van der Waals surface area contributed by atoms with Crippen LogP contribution in [0, 0.1) is 13.8 Å². The number of aromatic nitrogens is 2. The minimum atomic E-state index is 0.175. The molecular weight excluding hydrogens is 412 g/mol. The van der Waals surface area contributed by atoms with Gasteiger partial charge in [0.1, 0.15) is 0 Å². The predicted octanol–water partition coefficient (Wildman–Crippen LogP) is 4.37. The lowest BCUT2D eigenvalue weighted by Gasteiger charge is -2.32. The molecule has 3 aromatic rings. The molecule has 2 N–H and O–H groups in total. The number of pyridine rings is 1. The number of hydrogen-bond donors (Lipinski definition) is 2. The van der Waals surface area contributed by atoms with Gasteiger partial charge in [0.2, 0.25) is 17.3 Å². The van der Waals surface area contributed by atoms with E-state index in [2.05, 4.69) is 41.9 Å². The Balaban J connectivity index is 1.63. The summed E-state index contributed by atoms with van der Waals surface area (Å²) in [5.41, 5.74) is 7.76. The van der Waals surface area contributed by atoms with Gasteiger partial charge >= 0.3 is 0 Å². The van der Waals surface area contributed by atoms with Crippen LogP contribution in [0.3, 0.4) is 0 Å². The van der Waals surface area contributed by atoms with Crippen LogP contribution < -0.4 is 4.73 Å². The van der Waals surface area contributed by atoms with Crippen molar-refractivity contribution in [2.24, 2.45) is 0 Å². The van der Waals surface area contributed by atoms with E-state index in [1.54, 1.807) is 4.90 Å². The highest BCUT2D eigenvalue weighted by atomic mass is 16.5. The van der Waals surface area contributed by atoms with Gasteiger partial charge in [-0.1, -0.05) is 19.9 Å². The van der Waals surface area contributed by atoms with E-state index < -0.39 is 0 Å². The van der Waals surface area contributed by atoms with Crippen molar-refractivity contribution in [3.8, 4) is 11.3 Å². The standard InChI is InChI=1S/C27H36N4O2/c1-17(2)26-23-15-21(20-9-11-30(12-10-20)16-25(32)29(5)6)7-8-24(23)28-27(26)22-13-18(3)31(33)19(4)14-22/h7-8,13-15,17,20,33H,9-12,16H2,1-6H3/p+1.